The first-order chi connectivity index (χ1) is 12.7. The first-order valence-electron chi connectivity index (χ1n) is 8.95. The number of nitrogens with zero attached hydrogens (tertiary/aromatic N) is 2. The Balaban J connectivity index is 1.76. The average molecular weight is 345 g/mol. The van der Waals surface area contributed by atoms with Gasteiger partial charge < -0.3 is 9.73 Å². The maximum absolute atomic E-state index is 12.8. The largest absolute Gasteiger partial charge is 0.468 e. The third kappa shape index (κ3) is 2.17. The molecule has 26 heavy (non-hydrogen) atoms. The summed E-state index contributed by atoms with van der Waals surface area (Å²) < 4.78 is 7.68. The molecule has 130 valence electrons. The van der Waals surface area contributed by atoms with Crippen molar-refractivity contribution < 1.29 is 9.21 Å². The molecule has 0 saturated heterocycles. The van der Waals surface area contributed by atoms with Gasteiger partial charge in [0.25, 0.3) is 0 Å². The zero-order chi connectivity index (χ0) is 17.7. The first-order valence-corrected chi connectivity index (χ1v) is 8.95. The number of allylic oxidation sites excluding steroid dienone is 2. The molecule has 5 heteroatoms. The van der Waals surface area contributed by atoms with Gasteiger partial charge in [-0.1, -0.05) is 18.2 Å². The summed E-state index contributed by atoms with van der Waals surface area (Å²) in [6.07, 6.45) is 4.01. The summed E-state index contributed by atoms with van der Waals surface area (Å²) in [6, 6.07) is 13.9. The number of para-hydroxylation sites is 1. The fraction of sp³-hybridized carbons (Fsp3) is 0.238. The third-order valence-corrected chi connectivity index (χ3v) is 5.24. The lowest BCUT2D eigenvalue weighted by molar-refractivity contribution is -0.116. The maximum atomic E-state index is 12.8. The van der Waals surface area contributed by atoms with E-state index >= 15 is 0 Å². The Labute approximate surface area is 151 Å². The van der Waals surface area contributed by atoms with E-state index in [9.17, 15) is 4.79 Å². The van der Waals surface area contributed by atoms with E-state index in [4.69, 9.17) is 9.52 Å². The van der Waals surface area contributed by atoms with Crippen LogP contribution in [-0.2, 0) is 4.79 Å². The smallest absolute Gasteiger partial charge is 0.161 e. The summed E-state index contributed by atoms with van der Waals surface area (Å²) in [7, 11) is 0. The van der Waals surface area contributed by atoms with Crippen molar-refractivity contribution in [3.63, 3.8) is 0 Å². The molecule has 0 fully saturated rings. The van der Waals surface area contributed by atoms with Crippen LogP contribution in [0.5, 0.6) is 0 Å². The SMILES string of the molecule is Cc1nn(-c2ccccc2)c2c1[C@H](c1ccco1)C1=C(CCCC1=O)N2. The number of ketones is 1. The molecule has 3 aromatic rings. The quantitative estimate of drug-likeness (QED) is 0.751. The Morgan fingerprint density at radius 2 is 2.00 bits per heavy atom. The van der Waals surface area contributed by atoms with Gasteiger partial charge in [0.1, 0.15) is 11.6 Å². The van der Waals surface area contributed by atoms with Crippen LogP contribution < -0.4 is 5.32 Å². The molecule has 2 aliphatic rings. The number of aryl methyl sites for hydroxylation is 1. The third-order valence-electron chi connectivity index (χ3n) is 5.24. The number of anilines is 1. The van der Waals surface area contributed by atoms with Gasteiger partial charge in [0.05, 0.1) is 23.6 Å². The first kappa shape index (κ1) is 15.2. The number of fused-ring (bicyclic) bond motifs is 1. The molecular weight excluding hydrogens is 326 g/mol. The minimum atomic E-state index is -0.193. The number of Topliss-reactive ketones (excluding diaryl/α,β-unsaturated/α-hetero) is 1. The van der Waals surface area contributed by atoms with Crippen molar-refractivity contribution in [3.05, 3.63) is 77.0 Å². The lowest BCUT2D eigenvalue weighted by Gasteiger charge is -2.31. The van der Waals surface area contributed by atoms with E-state index in [0.717, 1.165) is 52.6 Å². The number of hydrogen-bond acceptors (Lipinski definition) is 4. The summed E-state index contributed by atoms with van der Waals surface area (Å²) in [5.41, 5.74) is 4.77. The standard InChI is InChI=1S/C21H19N3O2/c1-13-18-20(17-11-6-12-26-17)19-15(9-5-10-16(19)25)22-21(18)24(23-13)14-7-3-2-4-8-14/h2-4,6-8,11-12,20,22H,5,9-10H2,1H3/t20-/m0/s1. The molecule has 5 rings (SSSR count). The summed E-state index contributed by atoms with van der Waals surface area (Å²) in [4.78, 5) is 12.8. The molecule has 1 N–H and O–H groups in total. The Morgan fingerprint density at radius 3 is 2.77 bits per heavy atom. The highest BCUT2D eigenvalue weighted by Gasteiger charge is 2.39. The van der Waals surface area contributed by atoms with Crippen LogP contribution in [0, 0.1) is 6.92 Å². The molecule has 1 aromatic carbocycles. The second kappa shape index (κ2) is 5.73. The van der Waals surface area contributed by atoms with Crippen molar-refractivity contribution >= 4 is 11.6 Å². The zero-order valence-electron chi connectivity index (χ0n) is 14.5. The summed E-state index contributed by atoms with van der Waals surface area (Å²) in [5, 5.41) is 8.31. The topological polar surface area (TPSA) is 60.1 Å². The molecule has 5 nitrogen and oxygen atoms in total. The van der Waals surface area contributed by atoms with Gasteiger partial charge in [0, 0.05) is 23.3 Å². The van der Waals surface area contributed by atoms with E-state index in [-0.39, 0.29) is 11.7 Å². The number of aromatic nitrogens is 2. The molecule has 1 atom stereocenters. The van der Waals surface area contributed by atoms with Gasteiger partial charge in [-0.2, -0.15) is 5.10 Å². The van der Waals surface area contributed by atoms with Gasteiger partial charge in [-0.3, -0.25) is 4.79 Å². The summed E-state index contributed by atoms with van der Waals surface area (Å²) >= 11 is 0. The molecule has 0 spiro atoms. The molecule has 1 aliphatic carbocycles. The Kier molecular flexibility index (Phi) is 3.35. The van der Waals surface area contributed by atoms with Gasteiger partial charge in [-0.15, -0.1) is 0 Å². The van der Waals surface area contributed by atoms with Crippen LogP contribution in [0.25, 0.3) is 5.69 Å². The molecular formula is C21H19N3O2. The fourth-order valence-corrected chi connectivity index (χ4v) is 4.12. The van der Waals surface area contributed by atoms with E-state index in [1.165, 1.54) is 0 Å². The van der Waals surface area contributed by atoms with Crippen molar-refractivity contribution in [2.75, 3.05) is 5.32 Å². The molecule has 0 bridgehead atoms. The summed E-state index contributed by atoms with van der Waals surface area (Å²) in [5.74, 6) is 1.74. The van der Waals surface area contributed by atoms with Crippen LogP contribution in [0.4, 0.5) is 5.82 Å². The Hall–Kier alpha value is -3.08. The molecule has 2 aromatic heterocycles. The minimum Gasteiger partial charge on any atom is -0.468 e. The van der Waals surface area contributed by atoms with Crippen LogP contribution in [-0.4, -0.2) is 15.6 Å². The Morgan fingerprint density at radius 1 is 1.15 bits per heavy atom. The molecule has 0 radical (unpaired) electrons. The van der Waals surface area contributed by atoms with Crippen LogP contribution in [0.1, 0.15) is 42.2 Å². The van der Waals surface area contributed by atoms with Crippen LogP contribution in [0.15, 0.2) is 64.4 Å². The highest BCUT2D eigenvalue weighted by molar-refractivity contribution is 6.01. The van der Waals surface area contributed by atoms with E-state index in [1.54, 1.807) is 6.26 Å². The van der Waals surface area contributed by atoms with Gasteiger partial charge >= 0.3 is 0 Å². The van der Waals surface area contributed by atoms with Crippen molar-refractivity contribution in [2.24, 2.45) is 0 Å². The van der Waals surface area contributed by atoms with Crippen molar-refractivity contribution in [3.8, 4) is 5.69 Å². The predicted octanol–water partition coefficient (Wildman–Crippen LogP) is 4.34. The molecule has 0 saturated carbocycles. The van der Waals surface area contributed by atoms with Crippen LogP contribution in [0.2, 0.25) is 0 Å². The van der Waals surface area contributed by atoms with E-state index in [0.29, 0.717) is 6.42 Å². The van der Waals surface area contributed by atoms with Gasteiger partial charge in [-0.25, -0.2) is 4.68 Å². The summed E-state index contributed by atoms with van der Waals surface area (Å²) in [6.45, 7) is 1.99. The second-order valence-electron chi connectivity index (χ2n) is 6.84. The lowest BCUT2D eigenvalue weighted by atomic mass is 9.78. The van der Waals surface area contributed by atoms with Crippen molar-refractivity contribution in [1.82, 2.24) is 9.78 Å². The van der Waals surface area contributed by atoms with Crippen LogP contribution in [0.3, 0.4) is 0 Å². The fourth-order valence-electron chi connectivity index (χ4n) is 4.12. The zero-order valence-corrected chi connectivity index (χ0v) is 14.5. The molecule has 1 aliphatic heterocycles. The number of hydrogen-bond donors (Lipinski definition) is 1. The number of carbonyl (C=O) groups excluding carboxylic acids is 1. The highest BCUT2D eigenvalue weighted by atomic mass is 16.3. The number of furan rings is 1. The number of rotatable bonds is 2. The van der Waals surface area contributed by atoms with Crippen LogP contribution >= 0.6 is 0 Å². The number of nitrogens with one attached hydrogen (secondary N) is 1. The Bertz CT molecular complexity index is 1010. The van der Waals surface area contributed by atoms with E-state index in [2.05, 4.69) is 5.32 Å². The van der Waals surface area contributed by atoms with Crippen molar-refractivity contribution in [1.29, 1.82) is 0 Å². The maximum Gasteiger partial charge on any atom is 0.161 e. The normalized spacial score (nSPS) is 19.1. The van der Waals surface area contributed by atoms with Gasteiger partial charge in [-0.05, 0) is 44.0 Å². The molecule has 3 heterocycles. The van der Waals surface area contributed by atoms with E-state index in [1.807, 2.05) is 54.1 Å². The monoisotopic (exact) mass is 345 g/mol. The van der Waals surface area contributed by atoms with Gasteiger partial charge in [0.2, 0.25) is 0 Å². The molecule has 0 unspecified atom stereocenters. The van der Waals surface area contributed by atoms with Gasteiger partial charge in [0.15, 0.2) is 5.78 Å². The average Bonchev–Trinajstić information content (AvgIpc) is 3.30. The van der Waals surface area contributed by atoms with E-state index < -0.39 is 0 Å². The number of benzene rings is 1. The predicted molar refractivity (Wildman–Crippen MR) is 98.4 cm³/mol. The minimum absolute atomic E-state index is 0.193. The van der Waals surface area contributed by atoms with Crippen molar-refractivity contribution in [2.45, 2.75) is 32.1 Å². The molecule has 0 amide bonds. The second-order valence-corrected chi connectivity index (χ2v) is 6.84. The highest BCUT2D eigenvalue weighted by Crippen LogP contribution is 2.47. The number of carbonyl (C=O) groups is 1. The lowest BCUT2D eigenvalue weighted by Crippen LogP contribution is -2.27.